The van der Waals surface area contributed by atoms with Crippen molar-refractivity contribution in [1.29, 1.82) is 0 Å². The van der Waals surface area contributed by atoms with Crippen LogP contribution >= 0.6 is 0 Å². The fourth-order valence-electron chi connectivity index (χ4n) is 0.837. The second-order valence-electron chi connectivity index (χ2n) is 2.44. The number of nitrogens with two attached hydrogens (primary N) is 1. The highest BCUT2D eigenvalue weighted by Gasteiger charge is 2.16. The molecular weight excluding hydrogens is 158 g/mol. The Bertz CT molecular complexity index is 282. The molecule has 1 heterocycles. The molecule has 0 aromatic carbocycles. The molecule has 0 saturated heterocycles. The van der Waals surface area contributed by atoms with E-state index in [-0.39, 0.29) is 0 Å². The predicted octanol–water partition coefficient (Wildman–Crippen LogP) is -0.0126. The lowest BCUT2D eigenvalue weighted by molar-refractivity contribution is -0.138. The van der Waals surface area contributed by atoms with Crippen molar-refractivity contribution in [2.24, 2.45) is 5.73 Å². The van der Waals surface area contributed by atoms with Crippen molar-refractivity contribution in [3.05, 3.63) is 18.2 Å². The molecule has 1 aromatic heterocycles. The van der Waals surface area contributed by atoms with E-state index in [2.05, 4.69) is 4.98 Å². The number of aryl methyl sites for hydroxylation is 1. The van der Waals surface area contributed by atoms with E-state index in [0.717, 1.165) is 6.54 Å². The van der Waals surface area contributed by atoms with Crippen LogP contribution in [0.25, 0.3) is 0 Å². The van der Waals surface area contributed by atoms with E-state index < -0.39 is 12.0 Å². The molecule has 3 N–H and O–H groups in total. The number of carbonyl (C=O) groups is 1. The molecule has 0 aliphatic heterocycles. The van der Waals surface area contributed by atoms with E-state index in [0.29, 0.717) is 5.69 Å². The average Bonchev–Trinajstić information content (AvgIpc) is 2.50. The highest BCUT2D eigenvalue weighted by Crippen LogP contribution is 2.06. The van der Waals surface area contributed by atoms with Crippen molar-refractivity contribution in [2.75, 3.05) is 0 Å². The molecular formula is C7H11N3O2. The predicted molar refractivity (Wildman–Crippen MR) is 42.5 cm³/mol. The molecule has 1 unspecified atom stereocenters. The summed E-state index contributed by atoms with van der Waals surface area (Å²) in [6.45, 7) is 2.71. The molecule has 5 heteroatoms. The van der Waals surface area contributed by atoms with Crippen LogP contribution in [0.5, 0.6) is 0 Å². The first-order chi connectivity index (χ1) is 5.65. The van der Waals surface area contributed by atoms with Crippen LogP contribution in [0.15, 0.2) is 12.5 Å². The molecule has 0 amide bonds. The maximum atomic E-state index is 10.4. The van der Waals surface area contributed by atoms with Crippen LogP contribution in [-0.2, 0) is 11.3 Å². The summed E-state index contributed by atoms with van der Waals surface area (Å²) in [6, 6.07) is -1.02. The van der Waals surface area contributed by atoms with E-state index in [1.807, 2.05) is 6.92 Å². The van der Waals surface area contributed by atoms with Gasteiger partial charge in [-0.3, -0.25) is 4.79 Å². The molecule has 0 saturated carbocycles. The molecule has 0 radical (unpaired) electrons. The molecule has 66 valence electrons. The fourth-order valence-corrected chi connectivity index (χ4v) is 0.837. The number of nitrogens with zero attached hydrogens (tertiary/aromatic N) is 2. The smallest absolute Gasteiger partial charge is 0.326 e. The standard InChI is InChI=1S/C7H11N3O2/c1-2-10-3-5(9-4-10)6(8)7(11)12/h3-4,6H,2,8H2,1H3,(H,11,12). The minimum absolute atomic E-state index is 0.393. The SMILES string of the molecule is CCn1cnc(C(N)C(=O)O)c1. The second kappa shape index (κ2) is 3.36. The van der Waals surface area contributed by atoms with Gasteiger partial charge in [-0.15, -0.1) is 0 Å². The van der Waals surface area contributed by atoms with Gasteiger partial charge in [0.1, 0.15) is 6.04 Å². The van der Waals surface area contributed by atoms with Gasteiger partial charge in [0.05, 0.1) is 12.0 Å². The number of aliphatic carboxylic acids is 1. The van der Waals surface area contributed by atoms with Crippen molar-refractivity contribution >= 4 is 5.97 Å². The normalized spacial score (nSPS) is 12.8. The lowest BCUT2D eigenvalue weighted by Crippen LogP contribution is -2.20. The summed E-state index contributed by atoms with van der Waals surface area (Å²) in [6.07, 6.45) is 3.21. The van der Waals surface area contributed by atoms with Crippen molar-refractivity contribution in [3.63, 3.8) is 0 Å². The number of hydrogen-bond donors (Lipinski definition) is 2. The maximum Gasteiger partial charge on any atom is 0.326 e. The molecule has 1 rings (SSSR count). The Morgan fingerprint density at radius 2 is 2.58 bits per heavy atom. The van der Waals surface area contributed by atoms with Crippen LogP contribution in [0, 0.1) is 0 Å². The second-order valence-corrected chi connectivity index (χ2v) is 2.44. The zero-order chi connectivity index (χ0) is 9.14. The zero-order valence-corrected chi connectivity index (χ0v) is 6.77. The van der Waals surface area contributed by atoms with Crippen LogP contribution in [0.1, 0.15) is 18.7 Å². The number of carboxylic acid groups (broad SMARTS) is 1. The number of aromatic nitrogens is 2. The van der Waals surface area contributed by atoms with E-state index >= 15 is 0 Å². The van der Waals surface area contributed by atoms with Crippen molar-refractivity contribution < 1.29 is 9.90 Å². The summed E-state index contributed by atoms with van der Waals surface area (Å²) < 4.78 is 1.78. The number of hydrogen-bond acceptors (Lipinski definition) is 3. The zero-order valence-electron chi connectivity index (χ0n) is 6.77. The molecule has 0 spiro atoms. The van der Waals surface area contributed by atoms with Crippen LogP contribution in [0.2, 0.25) is 0 Å². The van der Waals surface area contributed by atoms with Gasteiger partial charge in [-0.1, -0.05) is 0 Å². The van der Waals surface area contributed by atoms with Crippen LogP contribution < -0.4 is 5.73 Å². The van der Waals surface area contributed by atoms with Gasteiger partial charge in [0, 0.05) is 12.7 Å². The van der Waals surface area contributed by atoms with E-state index in [1.165, 1.54) is 0 Å². The molecule has 0 aliphatic rings. The van der Waals surface area contributed by atoms with Gasteiger partial charge in [-0.25, -0.2) is 4.98 Å². The Hall–Kier alpha value is -1.36. The first-order valence-electron chi connectivity index (χ1n) is 3.65. The lowest BCUT2D eigenvalue weighted by Gasteiger charge is -2.00. The minimum Gasteiger partial charge on any atom is -0.480 e. The molecule has 1 atom stereocenters. The van der Waals surface area contributed by atoms with Gasteiger partial charge in [0.2, 0.25) is 0 Å². The molecule has 0 aliphatic carbocycles. The van der Waals surface area contributed by atoms with Crippen molar-refractivity contribution in [2.45, 2.75) is 19.5 Å². The molecule has 0 bridgehead atoms. The van der Waals surface area contributed by atoms with Gasteiger partial charge in [0.25, 0.3) is 0 Å². The summed E-state index contributed by atoms with van der Waals surface area (Å²) in [5, 5.41) is 8.54. The number of carboxylic acids is 1. The third-order valence-corrected chi connectivity index (χ3v) is 1.60. The third kappa shape index (κ3) is 1.62. The Morgan fingerprint density at radius 3 is 3.00 bits per heavy atom. The first kappa shape index (κ1) is 8.73. The van der Waals surface area contributed by atoms with E-state index in [4.69, 9.17) is 10.8 Å². The van der Waals surface area contributed by atoms with Crippen LogP contribution in [0.4, 0.5) is 0 Å². The summed E-state index contributed by atoms with van der Waals surface area (Å²) in [7, 11) is 0. The van der Waals surface area contributed by atoms with Crippen molar-refractivity contribution in [1.82, 2.24) is 9.55 Å². The monoisotopic (exact) mass is 169 g/mol. The highest BCUT2D eigenvalue weighted by atomic mass is 16.4. The van der Waals surface area contributed by atoms with E-state index in [1.54, 1.807) is 17.1 Å². The molecule has 12 heavy (non-hydrogen) atoms. The van der Waals surface area contributed by atoms with Crippen molar-refractivity contribution in [3.8, 4) is 0 Å². The van der Waals surface area contributed by atoms with Gasteiger partial charge < -0.3 is 15.4 Å². The quantitative estimate of drug-likeness (QED) is 0.666. The van der Waals surface area contributed by atoms with E-state index in [9.17, 15) is 4.79 Å². The van der Waals surface area contributed by atoms with Gasteiger partial charge >= 0.3 is 5.97 Å². The van der Waals surface area contributed by atoms with Gasteiger partial charge in [-0.2, -0.15) is 0 Å². The van der Waals surface area contributed by atoms with Crippen LogP contribution in [-0.4, -0.2) is 20.6 Å². The minimum atomic E-state index is -1.06. The summed E-state index contributed by atoms with van der Waals surface area (Å²) >= 11 is 0. The maximum absolute atomic E-state index is 10.4. The van der Waals surface area contributed by atoms with Crippen LogP contribution in [0.3, 0.4) is 0 Å². The average molecular weight is 169 g/mol. The molecule has 5 nitrogen and oxygen atoms in total. The number of imidazole rings is 1. The highest BCUT2D eigenvalue weighted by molar-refractivity contribution is 5.74. The third-order valence-electron chi connectivity index (χ3n) is 1.60. The molecule has 0 fully saturated rings. The first-order valence-corrected chi connectivity index (χ1v) is 3.65. The Kier molecular flexibility index (Phi) is 2.44. The Balaban J connectivity index is 2.81. The van der Waals surface area contributed by atoms with Gasteiger partial charge in [0.15, 0.2) is 0 Å². The topological polar surface area (TPSA) is 81.1 Å². The Labute approximate surface area is 69.8 Å². The number of rotatable bonds is 3. The fraction of sp³-hybridized carbons (Fsp3) is 0.429. The largest absolute Gasteiger partial charge is 0.480 e. The summed E-state index contributed by atoms with van der Waals surface area (Å²) in [5.41, 5.74) is 5.72. The van der Waals surface area contributed by atoms with Gasteiger partial charge in [-0.05, 0) is 6.92 Å². The summed E-state index contributed by atoms with van der Waals surface area (Å²) in [4.78, 5) is 14.3. The lowest BCUT2D eigenvalue weighted by atomic mass is 10.2. The summed E-state index contributed by atoms with van der Waals surface area (Å²) in [5.74, 6) is -1.06. The molecule has 1 aromatic rings. The Morgan fingerprint density at radius 1 is 1.92 bits per heavy atom.